The highest BCUT2D eigenvalue weighted by Crippen LogP contribution is 2.30. The number of carboxylic acid groups (broad SMARTS) is 1. The van der Waals surface area contributed by atoms with E-state index in [1.165, 1.54) is 30.3 Å². The molecule has 0 unspecified atom stereocenters. The van der Waals surface area contributed by atoms with E-state index in [9.17, 15) is 14.4 Å². The highest BCUT2D eigenvalue weighted by atomic mass is 16.5. The van der Waals surface area contributed by atoms with Gasteiger partial charge in [-0.1, -0.05) is 36.4 Å². The molecule has 33 heavy (non-hydrogen) atoms. The molecule has 0 aromatic heterocycles. The molecule has 0 atom stereocenters. The zero-order valence-corrected chi connectivity index (χ0v) is 17.6. The van der Waals surface area contributed by atoms with Gasteiger partial charge in [0, 0.05) is 0 Å². The number of benzene rings is 3. The van der Waals surface area contributed by atoms with Crippen molar-refractivity contribution >= 4 is 29.5 Å². The van der Waals surface area contributed by atoms with Gasteiger partial charge in [-0.15, -0.1) is 0 Å². The summed E-state index contributed by atoms with van der Waals surface area (Å²) in [6, 6.07) is 20.3. The van der Waals surface area contributed by atoms with E-state index in [1.54, 1.807) is 54.6 Å². The van der Waals surface area contributed by atoms with Crippen molar-refractivity contribution in [3.63, 3.8) is 0 Å². The molecule has 0 spiro atoms. The van der Waals surface area contributed by atoms with Crippen LogP contribution in [0.25, 0.3) is 6.08 Å². The smallest absolute Gasteiger partial charge is 0.335 e. The van der Waals surface area contributed by atoms with Crippen LogP contribution in [-0.2, 0) is 16.2 Å². The number of anilines is 1. The number of amides is 2. The zero-order valence-electron chi connectivity index (χ0n) is 17.6. The minimum atomic E-state index is -1.01. The second-order valence-corrected chi connectivity index (χ2v) is 7.18. The average Bonchev–Trinajstić information content (AvgIpc) is 3.12. The van der Waals surface area contributed by atoms with Gasteiger partial charge in [0.15, 0.2) is 11.5 Å². The first-order chi connectivity index (χ1) is 16.0. The maximum atomic E-state index is 12.8. The first-order valence-electron chi connectivity index (χ1n) is 10.0. The van der Waals surface area contributed by atoms with Crippen molar-refractivity contribution in [2.75, 3.05) is 12.1 Å². The van der Waals surface area contributed by atoms with Crippen molar-refractivity contribution in [2.24, 2.45) is 0 Å². The topological polar surface area (TPSA) is 105 Å². The molecule has 1 saturated heterocycles. The standard InChI is InChI=1S/C25H20N2O6/c1-32-22-14-16(10-11-21(22)33-15-17-6-5-7-18(12-17)25(30)31)13-20-23(28)26-27(24(20)29)19-8-3-2-4-9-19/h2-14H,15H2,1H3,(H,26,28)(H,30,31). The number of ether oxygens (including phenoxy) is 2. The van der Waals surface area contributed by atoms with E-state index in [0.29, 0.717) is 28.3 Å². The third-order valence-electron chi connectivity index (χ3n) is 4.97. The number of para-hydroxylation sites is 1. The first kappa shape index (κ1) is 21.6. The van der Waals surface area contributed by atoms with Crippen molar-refractivity contribution in [1.29, 1.82) is 0 Å². The Labute approximate surface area is 189 Å². The number of rotatable bonds is 7. The van der Waals surface area contributed by atoms with Crippen molar-refractivity contribution in [2.45, 2.75) is 6.61 Å². The monoisotopic (exact) mass is 444 g/mol. The molecule has 8 nitrogen and oxygen atoms in total. The number of aromatic carboxylic acids is 1. The highest BCUT2D eigenvalue weighted by molar-refractivity contribution is 6.31. The quantitative estimate of drug-likeness (QED) is 0.427. The minimum Gasteiger partial charge on any atom is -0.493 e. The van der Waals surface area contributed by atoms with Gasteiger partial charge in [0.2, 0.25) is 0 Å². The van der Waals surface area contributed by atoms with E-state index in [4.69, 9.17) is 14.6 Å². The fraction of sp³-hybridized carbons (Fsp3) is 0.0800. The summed E-state index contributed by atoms with van der Waals surface area (Å²) in [5, 5.41) is 10.3. The number of hydrogen-bond acceptors (Lipinski definition) is 5. The number of nitrogens with one attached hydrogen (secondary N) is 1. The molecule has 1 aliphatic rings. The van der Waals surface area contributed by atoms with Crippen LogP contribution in [0.15, 0.2) is 78.4 Å². The molecule has 1 aliphatic heterocycles. The van der Waals surface area contributed by atoms with Gasteiger partial charge in [0.05, 0.1) is 18.4 Å². The Kier molecular flexibility index (Phi) is 6.08. The average molecular weight is 444 g/mol. The fourth-order valence-corrected chi connectivity index (χ4v) is 3.33. The molecule has 1 heterocycles. The zero-order chi connectivity index (χ0) is 23.4. The lowest BCUT2D eigenvalue weighted by atomic mass is 10.1. The van der Waals surface area contributed by atoms with Crippen molar-refractivity contribution in [3.8, 4) is 11.5 Å². The Balaban J connectivity index is 1.52. The molecule has 166 valence electrons. The first-order valence-corrected chi connectivity index (χ1v) is 10.0. The van der Waals surface area contributed by atoms with E-state index in [-0.39, 0.29) is 17.7 Å². The lowest BCUT2D eigenvalue weighted by molar-refractivity contribution is -0.117. The highest BCUT2D eigenvalue weighted by Gasteiger charge is 2.34. The van der Waals surface area contributed by atoms with Crippen LogP contribution in [0.5, 0.6) is 11.5 Å². The molecule has 3 aromatic carbocycles. The Morgan fingerprint density at radius 3 is 2.52 bits per heavy atom. The number of carbonyl (C=O) groups excluding carboxylic acids is 2. The van der Waals surface area contributed by atoms with Crippen LogP contribution < -0.4 is 19.9 Å². The Morgan fingerprint density at radius 1 is 1.00 bits per heavy atom. The second kappa shape index (κ2) is 9.27. The number of hydrazine groups is 1. The summed E-state index contributed by atoms with van der Waals surface area (Å²) in [4.78, 5) is 36.3. The molecule has 0 aliphatic carbocycles. The molecule has 3 aromatic rings. The van der Waals surface area contributed by atoms with E-state index in [0.717, 1.165) is 0 Å². The van der Waals surface area contributed by atoms with Crippen LogP contribution in [-0.4, -0.2) is 30.0 Å². The largest absolute Gasteiger partial charge is 0.493 e. The number of carboxylic acids is 1. The summed E-state index contributed by atoms with van der Waals surface area (Å²) >= 11 is 0. The van der Waals surface area contributed by atoms with E-state index < -0.39 is 17.8 Å². The molecular formula is C25H20N2O6. The summed E-state index contributed by atoms with van der Waals surface area (Å²) in [5.74, 6) is -1.12. The molecule has 0 bridgehead atoms. The predicted molar refractivity (Wildman–Crippen MR) is 121 cm³/mol. The van der Waals surface area contributed by atoms with Gasteiger partial charge < -0.3 is 14.6 Å². The van der Waals surface area contributed by atoms with E-state index >= 15 is 0 Å². The molecule has 8 heteroatoms. The van der Waals surface area contributed by atoms with Crippen LogP contribution >= 0.6 is 0 Å². The van der Waals surface area contributed by atoms with Crippen molar-refractivity contribution < 1.29 is 29.0 Å². The molecule has 1 fully saturated rings. The number of carbonyl (C=O) groups is 3. The van der Waals surface area contributed by atoms with Crippen LogP contribution in [0.2, 0.25) is 0 Å². The van der Waals surface area contributed by atoms with Crippen LogP contribution in [0.1, 0.15) is 21.5 Å². The number of nitrogens with zero attached hydrogens (tertiary/aromatic N) is 1. The SMILES string of the molecule is COc1cc(C=C2C(=O)NN(c3ccccc3)C2=O)ccc1OCc1cccc(C(=O)O)c1. The minimum absolute atomic E-state index is 0.0000557. The Hall–Kier alpha value is -4.59. The van der Waals surface area contributed by atoms with Gasteiger partial charge in [0.1, 0.15) is 12.2 Å². The second-order valence-electron chi connectivity index (χ2n) is 7.18. The normalized spacial score (nSPS) is 14.3. The summed E-state index contributed by atoms with van der Waals surface area (Å²) in [6.07, 6.45) is 1.49. The summed E-state index contributed by atoms with van der Waals surface area (Å²) in [5.41, 5.74) is 4.57. The predicted octanol–water partition coefficient (Wildman–Crippen LogP) is 3.43. The van der Waals surface area contributed by atoms with Crippen molar-refractivity contribution in [1.82, 2.24) is 5.43 Å². The van der Waals surface area contributed by atoms with Gasteiger partial charge >= 0.3 is 5.97 Å². The molecular weight excluding hydrogens is 424 g/mol. The molecule has 2 N–H and O–H groups in total. The van der Waals surface area contributed by atoms with Gasteiger partial charge in [-0.2, -0.15) is 0 Å². The van der Waals surface area contributed by atoms with E-state index in [1.807, 2.05) is 6.07 Å². The molecule has 0 saturated carbocycles. The lowest BCUT2D eigenvalue weighted by Crippen LogP contribution is -2.35. The van der Waals surface area contributed by atoms with Gasteiger partial charge in [-0.3, -0.25) is 15.0 Å². The van der Waals surface area contributed by atoms with Crippen LogP contribution in [0.4, 0.5) is 5.69 Å². The van der Waals surface area contributed by atoms with Gasteiger partial charge in [0.25, 0.3) is 11.8 Å². The van der Waals surface area contributed by atoms with Gasteiger partial charge in [-0.05, 0) is 53.6 Å². The van der Waals surface area contributed by atoms with Crippen LogP contribution in [0, 0.1) is 0 Å². The summed E-state index contributed by atoms with van der Waals surface area (Å²) in [7, 11) is 1.48. The van der Waals surface area contributed by atoms with Gasteiger partial charge in [-0.25, -0.2) is 9.80 Å². The number of methoxy groups -OCH3 is 1. The molecule has 4 rings (SSSR count). The third-order valence-corrected chi connectivity index (χ3v) is 4.97. The summed E-state index contributed by atoms with van der Waals surface area (Å²) in [6.45, 7) is 0.144. The van der Waals surface area contributed by atoms with E-state index in [2.05, 4.69) is 5.43 Å². The Bertz CT molecular complexity index is 1250. The maximum Gasteiger partial charge on any atom is 0.335 e. The third kappa shape index (κ3) is 4.69. The summed E-state index contributed by atoms with van der Waals surface area (Å²) < 4.78 is 11.2. The fourth-order valence-electron chi connectivity index (χ4n) is 3.33. The lowest BCUT2D eigenvalue weighted by Gasteiger charge is -2.14. The molecule has 2 amide bonds. The maximum absolute atomic E-state index is 12.8. The van der Waals surface area contributed by atoms with Crippen LogP contribution in [0.3, 0.4) is 0 Å². The van der Waals surface area contributed by atoms with Crippen molar-refractivity contribution in [3.05, 3.63) is 95.1 Å². The number of hydrogen-bond donors (Lipinski definition) is 2. The Morgan fingerprint density at radius 2 is 1.79 bits per heavy atom. The molecule has 0 radical (unpaired) electrons.